The second kappa shape index (κ2) is 6.58. The van der Waals surface area contributed by atoms with Crippen molar-refractivity contribution in [1.82, 2.24) is 10.2 Å². The van der Waals surface area contributed by atoms with Crippen LogP contribution >= 0.6 is 0 Å². The Morgan fingerprint density at radius 3 is 2.82 bits per heavy atom. The molecule has 1 N–H and O–H groups in total. The fourth-order valence-electron chi connectivity index (χ4n) is 5.85. The zero-order valence-corrected chi connectivity index (χ0v) is 16.9. The Hall–Kier alpha value is -1.88. The lowest BCUT2D eigenvalue weighted by atomic mass is 9.73. The monoisotopic (exact) mass is 382 g/mol. The second-order valence-electron chi connectivity index (χ2n) is 9.33. The predicted octanol–water partition coefficient (Wildman–Crippen LogP) is 2.84. The van der Waals surface area contributed by atoms with Gasteiger partial charge in [0.25, 0.3) is 5.91 Å². The van der Waals surface area contributed by atoms with E-state index in [9.17, 15) is 9.59 Å². The summed E-state index contributed by atoms with van der Waals surface area (Å²) in [5.41, 5.74) is 2.78. The van der Waals surface area contributed by atoms with Crippen LogP contribution in [-0.2, 0) is 9.53 Å². The molecule has 2 bridgehead atoms. The number of hydrogen-bond acceptors (Lipinski definition) is 3. The fourth-order valence-corrected chi connectivity index (χ4v) is 5.85. The van der Waals surface area contributed by atoms with Crippen LogP contribution in [0.15, 0.2) is 18.2 Å². The van der Waals surface area contributed by atoms with Crippen LogP contribution in [0, 0.1) is 31.6 Å². The number of fused-ring (bicyclic) bond motifs is 1. The number of amides is 2. The van der Waals surface area contributed by atoms with Gasteiger partial charge in [0.1, 0.15) is 0 Å². The van der Waals surface area contributed by atoms with Crippen LogP contribution in [-0.4, -0.2) is 48.1 Å². The zero-order valence-electron chi connectivity index (χ0n) is 16.9. The van der Waals surface area contributed by atoms with Gasteiger partial charge in [-0.1, -0.05) is 18.6 Å². The van der Waals surface area contributed by atoms with E-state index in [1.54, 1.807) is 0 Å². The topological polar surface area (TPSA) is 58.6 Å². The Bertz CT molecular complexity index is 818. The van der Waals surface area contributed by atoms with Crippen molar-refractivity contribution < 1.29 is 14.3 Å². The van der Waals surface area contributed by atoms with E-state index in [0.29, 0.717) is 24.3 Å². The van der Waals surface area contributed by atoms with Crippen LogP contribution in [0.1, 0.15) is 53.6 Å². The lowest BCUT2D eigenvalue weighted by Gasteiger charge is -2.30. The Morgan fingerprint density at radius 2 is 2.07 bits per heavy atom. The summed E-state index contributed by atoms with van der Waals surface area (Å²) in [4.78, 5) is 27.6. The minimum atomic E-state index is -0.154. The Kier molecular flexibility index (Phi) is 4.27. The van der Waals surface area contributed by atoms with E-state index < -0.39 is 0 Å². The molecule has 4 atom stereocenters. The summed E-state index contributed by atoms with van der Waals surface area (Å²) in [7, 11) is 0. The molecule has 1 spiro atoms. The van der Waals surface area contributed by atoms with Crippen LogP contribution < -0.4 is 5.32 Å². The van der Waals surface area contributed by atoms with Gasteiger partial charge in [0, 0.05) is 36.4 Å². The normalized spacial score (nSPS) is 33.6. The van der Waals surface area contributed by atoms with Crippen LogP contribution in [0.25, 0.3) is 0 Å². The van der Waals surface area contributed by atoms with Crippen LogP contribution in [0.3, 0.4) is 0 Å². The van der Waals surface area contributed by atoms with E-state index in [1.165, 1.54) is 6.42 Å². The quantitative estimate of drug-likeness (QED) is 0.871. The maximum Gasteiger partial charge on any atom is 0.251 e. The van der Waals surface area contributed by atoms with Crippen molar-refractivity contribution in [2.75, 3.05) is 19.6 Å². The van der Waals surface area contributed by atoms with Crippen molar-refractivity contribution in [3.63, 3.8) is 0 Å². The van der Waals surface area contributed by atoms with Crippen LogP contribution in [0.2, 0.25) is 0 Å². The van der Waals surface area contributed by atoms with E-state index in [1.807, 2.05) is 32.0 Å². The molecule has 5 heteroatoms. The van der Waals surface area contributed by atoms with Crippen molar-refractivity contribution in [1.29, 1.82) is 0 Å². The Morgan fingerprint density at radius 1 is 1.25 bits per heavy atom. The van der Waals surface area contributed by atoms with Gasteiger partial charge in [-0.2, -0.15) is 0 Å². The summed E-state index contributed by atoms with van der Waals surface area (Å²) in [6.45, 7) is 6.22. The van der Waals surface area contributed by atoms with Crippen molar-refractivity contribution in [3.05, 3.63) is 34.9 Å². The molecular weight excluding hydrogens is 352 g/mol. The zero-order chi connectivity index (χ0) is 19.5. The van der Waals surface area contributed by atoms with Crippen LogP contribution in [0.4, 0.5) is 0 Å². The molecule has 1 aliphatic carbocycles. The standard InChI is InChI=1S/C23H30N2O3/c1-14-5-3-8-17(15(14)2)21(26)24-11-18-19-12-25(22(27)16-6-4-7-16)13-23(19)10-9-20(18)28-23/h3,5,8,16,18-20H,4,6-7,9-13H2,1-2H3,(H,24,26)/t18-,19+,20+,23+/m0/s1. The highest BCUT2D eigenvalue weighted by molar-refractivity contribution is 5.95. The SMILES string of the molecule is Cc1cccc(C(=O)NC[C@H]2[C@H]3CN(C(=O)C4CCC4)C[C@]34CC[C@H]2O4)c1C. The molecular formula is C23H30N2O3. The van der Waals surface area contributed by atoms with Crippen molar-refractivity contribution in [3.8, 4) is 0 Å². The lowest BCUT2D eigenvalue weighted by molar-refractivity contribution is -0.138. The summed E-state index contributed by atoms with van der Waals surface area (Å²) < 4.78 is 6.44. The van der Waals surface area contributed by atoms with Gasteiger partial charge in [0.05, 0.1) is 18.2 Å². The number of nitrogens with one attached hydrogen (secondary N) is 1. The molecule has 5 rings (SSSR count). The molecule has 1 aromatic carbocycles. The minimum Gasteiger partial charge on any atom is -0.369 e. The summed E-state index contributed by atoms with van der Waals surface area (Å²) >= 11 is 0. The molecule has 1 saturated carbocycles. The molecule has 4 fully saturated rings. The number of likely N-dealkylation sites (tertiary alicyclic amines) is 1. The van der Waals surface area contributed by atoms with Gasteiger partial charge in [-0.15, -0.1) is 0 Å². The molecule has 5 nitrogen and oxygen atoms in total. The number of carbonyl (C=O) groups excluding carboxylic acids is 2. The van der Waals surface area contributed by atoms with E-state index >= 15 is 0 Å². The maximum absolute atomic E-state index is 12.8. The van der Waals surface area contributed by atoms with Gasteiger partial charge in [0.15, 0.2) is 0 Å². The van der Waals surface area contributed by atoms with Gasteiger partial charge in [-0.3, -0.25) is 9.59 Å². The van der Waals surface area contributed by atoms with Gasteiger partial charge in [0.2, 0.25) is 5.91 Å². The van der Waals surface area contributed by atoms with Crippen LogP contribution in [0.5, 0.6) is 0 Å². The summed E-state index contributed by atoms with van der Waals surface area (Å²) in [5.74, 6) is 1.24. The van der Waals surface area contributed by atoms with E-state index in [-0.39, 0.29) is 23.5 Å². The molecule has 4 aliphatic rings. The van der Waals surface area contributed by atoms with Gasteiger partial charge >= 0.3 is 0 Å². The first-order valence-electron chi connectivity index (χ1n) is 10.8. The molecule has 28 heavy (non-hydrogen) atoms. The average molecular weight is 383 g/mol. The molecule has 0 radical (unpaired) electrons. The number of ether oxygens (including phenoxy) is 1. The predicted molar refractivity (Wildman–Crippen MR) is 106 cm³/mol. The molecule has 1 aromatic rings. The molecule has 150 valence electrons. The first-order chi connectivity index (χ1) is 13.5. The third-order valence-electron chi connectivity index (χ3n) is 7.90. The summed E-state index contributed by atoms with van der Waals surface area (Å²) in [5, 5.41) is 3.17. The van der Waals surface area contributed by atoms with Gasteiger partial charge < -0.3 is 15.0 Å². The van der Waals surface area contributed by atoms with Crippen molar-refractivity contribution in [2.45, 2.75) is 57.7 Å². The first-order valence-corrected chi connectivity index (χ1v) is 10.8. The first kappa shape index (κ1) is 18.2. The van der Waals surface area contributed by atoms with Crippen molar-refractivity contribution in [2.24, 2.45) is 17.8 Å². The molecule has 0 unspecified atom stereocenters. The number of rotatable bonds is 4. The number of hydrogen-bond donors (Lipinski definition) is 1. The largest absolute Gasteiger partial charge is 0.369 e. The molecule has 3 aliphatic heterocycles. The number of benzene rings is 1. The second-order valence-corrected chi connectivity index (χ2v) is 9.33. The highest BCUT2D eigenvalue weighted by Gasteiger charge is 2.63. The average Bonchev–Trinajstić information content (AvgIpc) is 3.29. The minimum absolute atomic E-state index is 0.00146. The highest BCUT2D eigenvalue weighted by Crippen LogP contribution is 2.55. The van der Waals surface area contributed by atoms with E-state index in [2.05, 4.69) is 10.2 Å². The summed E-state index contributed by atoms with van der Waals surface area (Å²) in [6, 6.07) is 5.87. The van der Waals surface area contributed by atoms with E-state index in [0.717, 1.165) is 55.5 Å². The molecule has 0 aromatic heterocycles. The fraction of sp³-hybridized carbons (Fsp3) is 0.652. The van der Waals surface area contributed by atoms with E-state index in [4.69, 9.17) is 4.74 Å². The van der Waals surface area contributed by atoms with Gasteiger partial charge in [-0.25, -0.2) is 0 Å². The Labute approximate surface area is 166 Å². The smallest absolute Gasteiger partial charge is 0.251 e. The van der Waals surface area contributed by atoms with Gasteiger partial charge in [-0.05, 0) is 56.7 Å². The molecule has 3 saturated heterocycles. The molecule has 3 heterocycles. The molecule has 2 amide bonds. The Balaban J connectivity index is 1.27. The van der Waals surface area contributed by atoms with Crippen molar-refractivity contribution >= 4 is 11.8 Å². The lowest BCUT2D eigenvalue weighted by Crippen LogP contribution is -2.42. The summed E-state index contributed by atoms with van der Waals surface area (Å²) in [6.07, 6.45) is 5.61. The third kappa shape index (κ3) is 2.70. The number of aryl methyl sites for hydroxylation is 1. The number of carbonyl (C=O) groups is 2. The third-order valence-corrected chi connectivity index (χ3v) is 7.90. The highest BCUT2D eigenvalue weighted by atomic mass is 16.5. The maximum atomic E-state index is 12.8. The number of nitrogens with zero attached hydrogens (tertiary/aromatic N) is 1.